The van der Waals surface area contributed by atoms with Crippen molar-refractivity contribution in [3.05, 3.63) is 71.3 Å². The van der Waals surface area contributed by atoms with Crippen LogP contribution < -0.4 is 5.32 Å². The van der Waals surface area contributed by atoms with Gasteiger partial charge >= 0.3 is 0 Å². The summed E-state index contributed by atoms with van der Waals surface area (Å²) in [7, 11) is 2.25. The van der Waals surface area contributed by atoms with Gasteiger partial charge in [0.15, 0.2) is 0 Å². The largest absolute Gasteiger partial charge is 0.355 e. The van der Waals surface area contributed by atoms with Gasteiger partial charge in [-0.05, 0) is 48.9 Å². The minimum absolute atomic E-state index is 0.150. The van der Waals surface area contributed by atoms with Crippen LogP contribution in [-0.4, -0.2) is 55.5 Å². The Kier molecular flexibility index (Phi) is 5.79. The number of nitrogens with zero attached hydrogens (tertiary/aromatic N) is 2. The third-order valence-corrected chi connectivity index (χ3v) is 6.42. The van der Waals surface area contributed by atoms with Gasteiger partial charge in [0, 0.05) is 32.2 Å². The van der Waals surface area contributed by atoms with E-state index in [0.29, 0.717) is 31.0 Å². The molecule has 0 radical (unpaired) electrons. The van der Waals surface area contributed by atoms with Gasteiger partial charge in [-0.25, -0.2) is 0 Å². The van der Waals surface area contributed by atoms with Gasteiger partial charge in [-0.3, -0.25) is 14.6 Å². The molecular weight excluding hydrogens is 346 g/mol. The lowest BCUT2D eigenvalue weighted by Crippen LogP contribution is -2.38. The van der Waals surface area contributed by atoms with E-state index in [9.17, 15) is 4.79 Å². The van der Waals surface area contributed by atoms with Crippen LogP contribution in [0.3, 0.4) is 0 Å². The zero-order chi connectivity index (χ0) is 19.5. The van der Waals surface area contributed by atoms with E-state index in [0.717, 1.165) is 26.1 Å². The molecule has 4 nitrogen and oxygen atoms in total. The lowest BCUT2D eigenvalue weighted by Gasteiger charge is -2.28. The Bertz CT molecular complexity index is 807. The average molecular weight is 378 g/mol. The van der Waals surface area contributed by atoms with Crippen LogP contribution in [0.2, 0.25) is 0 Å². The lowest BCUT2D eigenvalue weighted by molar-refractivity contribution is -0.122. The number of carbonyl (C=O) groups is 1. The standard InChI is InChI=1S/C24H31N3O/c1-18-8-6-7-11-21(18)24-22-16-27(15-20(22)14-26(24)2)17-23(28)25-13-12-19-9-4-3-5-10-19/h3-11,20,22,24H,12-17H2,1-2H3,(H,25,28)/t20-,22+,24-/m0/s1. The van der Waals surface area contributed by atoms with Crippen LogP contribution >= 0.6 is 0 Å². The second-order valence-electron chi connectivity index (χ2n) is 8.44. The molecule has 2 aromatic carbocycles. The molecule has 2 aliphatic heterocycles. The second-order valence-corrected chi connectivity index (χ2v) is 8.44. The Balaban J connectivity index is 1.30. The quantitative estimate of drug-likeness (QED) is 0.841. The Hall–Kier alpha value is -2.17. The van der Waals surface area contributed by atoms with Crippen molar-refractivity contribution in [3.8, 4) is 0 Å². The average Bonchev–Trinajstić information content (AvgIpc) is 3.19. The van der Waals surface area contributed by atoms with E-state index < -0.39 is 0 Å². The van der Waals surface area contributed by atoms with Crippen molar-refractivity contribution < 1.29 is 4.79 Å². The number of likely N-dealkylation sites (tertiary alicyclic amines) is 2. The molecule has 4 rings (SSSR count). The van der Waals surface area contributed by atoms with Crippen molar-refractivity contribution in [3.63, 3.8) is 0 Å². The molecule has 0 aliphatic carbocycles. The lowest BCUT2D eigenvalue weighted by atomic mass is 9.88. The van der Waals surface area contributed by atoms with Gasteiger partial charge in [0.05, 0.1) is 6.54 Å². The molecule has 0 aromatic heterocycles. The van der Waals surface area contributed by atoms with Crippen molar-refractivity contribution in [2.75, 3.05) is 39.8 Å². The third kappa shape index (κ3) is 4.13. The van der Waals surface area contributed by atoms with Crippen molar-refractivity contribution in [1.82, 2.24) is 15.1 Å². The smallest absolute Gasteiger partial charge is 0.234 e. The van der Waals surface area contributed by atoms with E-state index in [2.05, 4.69) is 65.5 Å². The number of nitrogens with one attached hydrogen (secondary N) is 1. The van der Waals surface area contributed by atoms with Gasteiger partial charge in [-0.15, -0.1) is 0 Å². The van der Waals surface area contributed by atoms with Crippen LogP contribution in [0.1, 0.15) is 22.7 Å². The highest BCUT2D eigenvalue weighted by Gasteiger charge is 2.46. The molecule has 148 valence electrons. The van der Waals surface area contributed by atoms with Crippen LogP contribution in [0.5, 0.6) is 0 Å². The van der Waals surface area contributed by atoms with E-state index in [1.165, 1.54) is 16.7 Å². The maximum absolute atomic E-state index is 12.4. The number of benzene rings is 2. The molecule has 0 unspecified atom stereocenters. The molecular formula is C24H31N3O. The van der Waals surface area contributed by atoms with Crippen LogP contribution in [0, 0.1) is 18.8 Å². The van der Waals surface area contributed by atoms with Gasteiger partial charge in [-0.2, -0.15) is 0 Å². The molecule has 0 saturated carbocycles. The number of fused-ring (bicyclic) bond motifs is 1. The predicted molar refractivity (Wildman–Crippen MR) is 113 cm³/mol. The first-order valence-electron chi connectivity index (χ1n) is 10.4. The predicted octanol–water partition coefficient (Wildman–Crippen LogP) is 2.89. The van der Waals surface area contributed by atoms with Crippen LogP contribution in [0.15, 0.2) is 54.6 Å². The number of aryl methyl sites for hydroxylation is 1. The fourth-order valence-corrected chi connectivity index (χ4v) is 5.12. The van der Waals surface area contributed by atoms with Gasteiger partial charge in [0.25, 0.3) is 0 Å². The fourth-order valence-electron chi connectivity index (χ4n) is 5.12. The molecule has 2 saturated heterocycles. The van der Waals surface area contributed by atoms with Crippen molar-refractivity contribution in [2.24, 2.45) is 11.8 Å². The highest BCUT2D eigenvalue weighted by Crippen LogP contribution is 2.44. The molecule has 2 fully saturated rings. The number of amides is 1. The Morgan fingerprint density at radius 3 is 2.57 bits per heavy atom. The molecule has 2 heterocycles. The van der Waals surface area contributed by atoms with Crippen LogP contribution in [0.25, 0.3) is 0 Å². The SMILES string of the molecule is Cc1ccccc1[C@H]1[C@@H]2CN(CC(=O)NCCc3ccccc3)C[C@@H]2CN1C. The molecule has 2 aromatic rings. The first-order valence-corrected chi connectivity index (χ1v) is 10.4. The summed E-state index contributed by atoms with van der Waals surface area (Å²) in [5, 5.41) is 3.09. The summed E-state index contributed by atoms with van der Waals surface area (Å²) in [6.45, 7) is 6.60. The van der Waals surface area contributed by atoms with Crippen molar-refractivity contribution in [2.45, 2.75) is 19.4 Å². The molecule has 4 heteroatoms. The number of rotatable bonds is 6. The maximum Gasteiger partial charge on any atom is 0.234 e. The van der Waals surface area contributed by atoms with E-state index >= 15 is 0 Å². The van der Waals surface area contributed by atoms with E-state index in [-0.39, 0.29) is 5.91 Å². The molecule has 0 bridgehead atoms. The van der Waals surface area contributed by atoms with Crippen LogP contribution in [-0.2, 0) is 11.2 Å². The van der Waals surface area contributed by atoms with E-state index in [1.807, 2.05) is 18.2 Å². The summed E-state index contributed by atoms with van der Waals surface area (Å²) in [5.41, 5.74) is 4.09. The Morgan fingerprint density at radius 1 is 1.04 bits per heavy atom. The highest BCUT2D eigenvalue weighted by molar-refractivity contribution is 5.78. The third-order valence-electron chi connectivity index (χ3n) is 6.42. The summed E-state index contributed by atoms with van der Waals surface area (Å²) >= 11 is 0. The van der Waals surface area contributed by atoms with Gasteiger partial charge < -0.3 is 5.32 Å². The monoisotopic (exact) mass is 377 g/mol. The molecule has 28 heavy (non-hydrogen) atoms. The second kappa shape index (κ2) is 8.46. The first-order chi connectivity index (χ1) is 13.6. The Morgan fingerprint density at radius 2 is 1.79 bits per heavy atom. The summed E-state index contributed by atoms with van der Waals surface area (Å²) < 4.78 is 0. The molecule has 0 spiro atoms. The number of hydrogen-bond acceptors (Lipinski definition) is 3. The van der Waals surface area contributed by atoms with Crippen LogP contribution in [0.4, 0.5) is 0 Å². The number of carbonyl (C=O) groups excluding carboxylic acids is 1. The maximum atomic E-state index is 12.4. The van der Waals surface area contributed by atoms with Crippen molar-refractivity contribution >= 4 is 5.91 Å². The van der Waals surface area contributed by atoms with Gasteiger partial charge in [0.2, 0.25) is 5.91 Å². The van der Waals surface area contributed by atoms with E-state index in [4.69, 9.17) is 0 Å². The van der Waals surface area contributed by atoms with Crippen molar-refractivity contribution in [1.29, 1.82) is 0 Å². The molecule has 2 aliphatic rings. The first kappa shape index (κ1) is 19.2. The van der Waals surface area contributed by atoms with Gasteiger partial charge in [-0.1, -0.05) is 54.6 Å². The molecule has 1 N–H and O–H groups in total. The molecule has 1 amide bonds. The Labute approximate surface area is 168 Å². The van der Waals surface area contributed by atoms with Gasteiger partial charge in [0.1, 0.15) is 0 Å². The zero-order valence-electron chi connectivity index (χ0n) is 17.0. The zero-order valence-corrected chi connectivity index (χ0v) is 17.0. The number of hydrogen-bond donors (Lipinski definition) is 1. The minimum Gasteiger partial charge on any atom is -0.355 e. The summed E-state index contributed by atoms with van der Waals surface area (Å²) in [6, 6.07) is 19.5. The summed E-state index contributed by atoms with van der Waals surface area (Å²) in [4.78, 5) is 17.3. The minimum atomic E-state index is 0.150. The summed E-state index contributed by atoms with van der Waals surface area (Å²) in [6.07, 6.45) is 0.887. The molecule has 3 atom stereocenters. The summed E-state index contributed by atoms with van der Waals surface area (Å²) in [5.74, 6) is 1.42. The normalized spacial score (nSPS) is 25.0. The highest BCUT2D eigenvalue weighted by atomic mass is 16.2. The fraction of sp³-hybridized carbons (Fsp3) is 0.458. The van der Waals surface area contributed by atoms with E-state index in [1.54, 1.807) is 0 Å². The topological polar surface area (TPSA) is 35.6 Å².